The molecule has 0 saturated carbocycles. The zero-order chi connectivity index (χ0) is 7.15. The van der Waals surface area contributed by atoms with Gasteiger partial charge in [-0.05, 0) is 6.16 Å². The number of hydrogen-bond acceptors (Lipinski definition) is 6. The zero-order valence-corrected chi connectivity index (χ0v) is 8.13. The van der Waals surface area contributed by atoms with Gasteiger partial charge in [0.15, 0.2) is 0 Å². The first-order valence-electron chi connectivity index (χ1n) is 1.16. The van der Waals surface area contributed by atoms with Crippen LogP contribution < -0.4 is 39.8 Å². The fourth-order valence-electron chi connectivity index (χ4n) is 0. The first-order valence-corrected chi connectivity index (χ1v) is 1.16. The Kier molecular flexibility index (Phi) is 36.0. The SMILES string of the molecule is O=C([O-])[O-].O=[N+]([O-])[O-].[Al+3].[Na+]. The minimum atomic E-state index is -2.33. The van der Waals surface area contributed by atoms with E-state index in [4.69, 9.17) is 30.3 Å². The van der Waals surface area contributed by atoms with Gasteiger partial charge in [0.25, 0.3) is 0 Å². The number of carbonyl (C=O) groups is 1. The molecule has 0 aliphatic rings. The van der Waals surface area contributed by atoms with Gasteiger partial charge in [-0.15, -0.1) is 0 Å². The standard InChI is InChI=1S/CH2O3.Al.NO3.Na/c2-1(3)4;;2-1(3)4;/h(H2,2,3,4);;;/q;+3;-1;+1/p-2. The molecule has 10 heavy (non-hydrogen) atoms. The first kappa shape index (κ1) is 22.5. The van der Waals surface area contributed by atoms with E-state index in [1.165, 1.54) is 0 Å². The molecule has 48 valence electrons. The Labute approximate surface area is 88.2 Å². The van der Waals surface area contributed by atoms with Crippen LogP contribution in [0.2, 0.25) is 0 Å². The molecular formula is CAlNNaO6+. The van der Waals surface area contributed by atoms with Crippen molar-refractivity contribution in [1.29, 1.82) is 0 Å². The Morgan fingerprint density at radius 2 is 1.20 bits per heavy atom. The molecule has 0 aromatic heterocycles. The summed E-state index contributed by atoms with van der Waals surface area (Å²) < 4.78 is 0. The molecule has 0 rings (SSSR count). The molecule has 0 aromatic rings. The Morgan fingerprint density at radius 1 is 1.20 bits per heavy atom. The van der Waals surface area contributed by atoms with Crippen molar-refractivity contribution in [2.24, 2.45) is 0 Å². The second-order valence-corrected chi connectivity index (χ2v) is 0.474. The van der Waals surface area contributed by atoms with E-state index in [-0.39, 0.29) is 46.9 Å². The average molecular weight is 172 g/mol. The fraction of sp³-hybridized carbons (Fsp3) is 0. The van der Waals surface area contributed by atoms with Gasteiger partial charge in [0.05, 0.1) is 5.09 Å². The molecule has 0 aliphatic heterocycles. The number of hydrogen-bond donors (Lipinski definition) is 0. The molecule has 0 spiro atoms. The first-order chi connectivity index (χ1) is 3.46. The van der Waals surface area contributed by atoms with Crippen molar-refractivity contribution in [3.05, 3.63) is 15.3 Å². The summed E-state index contributed by atoms with van der Waals surface area (Å²) in [5.41, 5.74) is 0. The Bertz CT molecular complexity index is 75.7. The minimum Gasteiger partial charge on any atom is -0.652 e. The predicted molar refractivity (Wildman–Crippen MR) is 21.5 cm³/mol. The van der Waals surface area contributed by atoms with Crippen LogP contribution in [0.25, 0.3) is 0 Å². The van der Waals surface area contributed by atoms with Crippen molar-refractivity contribution in [1.82, 2.24) is 0 Å². The van der Waals surface area contributed by atoms with Gasteiger partial charge in [0.2, 0.25) is 0 Å². The summed E-state index contributed by atoms with van der Waals surface area (Å²) in [6.07, 6.45) is -2.33. The van der Waals surface area contributed by atoms with E-state index < -0.39 is 11.2 Å². The number of carboxylic acid groups (broad SMARTS) is 2. The molecule has 0 aliphatic carbocycles. The average Bonchev–Trinajstić information content (AvgIpc) is 1.25. The molecule has 0 aromatic carbocycles. The molecule has 0 unspecified atom stereocenters. The molecule has 0 amide bonds. The molecule has 0 fully saturated rings. The monoisotopic (exact) mass is 172 g/mol. The Hall–Kier alpha value is 0.00247. The molecule has 0 bridgehead atoms. The summed E-state index contributed by atoms with van der Waals surface area (Å²) in [6.45, 7) is 0. The number of nitrogens with zero attached hydrogens (tertiary/aromatic N) is 1. The predicted octanol–water partition coefficient (Wildman–Crippen LogP) is -6.06. The van der Waals surface area contributed by atoms with Crippen molar-refractivity contribution in [2.45, 2.75) is 0 Å². The Balaban J connectivity index is -0.0000000300. The van der Waals surface area contributed by atoms with Crippen LogP contribution in [-0.4, -0.2) is 28.6 Å². The quantitative estimate of drug-likeness (QED) is 0.203. The van der Waals surface area contributed by atoms with Gasteiger partial charge < -0.3 is 30.3 Å². The summed E-state index contributed by atoms with van der Waals surface area (Å²) in [5.74, 6) is 0. The topological polar surface area (TPSA) is 129 Å². The largest absolute Gasteiger partial charge is 3.00 e. The van der Waals surface area contributed by atoms with Crippen LogP contribution in [-0.2, 0) is 0 Å². The smallest absolute Gasteiger partial charge is 0.652 e. The third-order valence-electron chi connectivity index (χ3n) is 0. The second-order valence-electron chi connectivity index (χ2n) is 0.474. The van der Waals surface area contributed by atoms with E-state index in [2.05, 4.69) is 0 Å². The van der Waals surface area contributed by atoms with E-state index in [9.17, 15) is 0 Å². The second kappa shape index (κ2) is 16.0. The molecule has 0 saturated heterocycles. The van der Waals surface area contributed by atoms with Crippen molar-refractivity contribution in [3.63, 3.8) is 0 Å². The van der Waals surface area contributed by atoms with E-state index >= 15 is 0 Å². The molecule has 0 N–H and O–H groups in total. The number of rotatable bonds is 0. The van der Waals surface area contributed by atoms with Crippen molar-refractivity contribution in [2.75, 3.05) is 0 Å². The van der Waals surface area contributed by atoms with Crippen molar-refractivity contribution in [3.8, 4) is 0 Å². The maximum absolute atomic E-state index is 8.33. The van der Waals surface area contributed by atoms with Crippen LogP contribution in [0.4, 0.5) is 4.79 Å². The van der Waals surface area contributed by atoms with E-state index in [1.54, 1.807) is 0 Å². The van der Waals surface area contributed by atoms with E-state index in [0.29, 0.717) is 0 Å². The van der Waals surface area contributed by atoms with E-state index in [0.717, 1.165) is 0 Å². The van der Waals surface area contributed by atoms with Crippen LogP contribution in [0.3, 0.4) is 0 Å². The van der Waals surface area contributed by atoms with Crippen molar-refractivity contribution >= 4 is 23.5 Å². The van der Waals surface area contributed by atoms with Gasteiger partial charge in [-0.1, -0.05) is 0 Å². The molecular weight excluding hydrogens is 172 g/mol. The van der Waals surface area contributed by atoms with Crippen LogP contribution in [0.1, 0.15) is 0 Å². The summed E-state index contributed by atoms with van der Waals surface area (Å²) >= 11 is 0. The zero-order valence-electron chi connectivity index (χ0n) is 4.97. The summed E-state index contributed by atoms with van der Waals surface area (Å²) in [4.78, 5) is 16.6. The van der Waals surface area contributed by atoms with Gasteiger partial charge in [0.1, 0.15) is 0 Å². The summed E-state index contributed by atoms with van der Waals surface area (Å²) in [5, 5.41) is 31.4. The minimum absolute atomic E-state index is 0. The molecule has 7 nitrogen and oxygen atoms in total. The summed E-state index contributed by atoms with van der Waals surface area (Å²) in [6, 6.07) is 0. The molecule has 0 radical (unpaired) electrons. The maximum Gasteiger partial charge on any atom is 3.00 e. The van der Waals surface area contributed by atoms with Gasteiger partial charge in [-0.2, -0.15) is 0 Å². The van der Waals surface area contributed by atoms with Crippen LogP contribution in [0.5, 0.6) is 0 Å². The fourth-order valence-corrected chi connectivity index (χ4v) is 0. The van der Waals surface area contributed by atoms with Gasteiger partial charge in [-0.3, -0.25) is 0 Å². The van der Waals surface area contributed by atoms with Gasteiger partial charge >= 0.3 is 46.9 Å². The third-order valence-corrected chi connectivity index (χ3v) is 0. The van der Waals surface area contributed by atoms with Gasteiger partial charge in [0, 0.05) is 0 Å². The normalized spacial score (nSPS) is 4.80. The van der Waals surface area contributed by atoms with Crippen LogP contribution >= 0.6 is 0 Å². The van der Waals surface area contributed by atoms with Crippen molar-refractivity contribution < 1.29 is 49.7 Å². The molecule has 0 heterocycles. The number of carbonyl (C=O) groups excluding carboxylic acids is 1. The summed E-state index contributed by atoms with van der Waals surface area (Å²) in [7, 11) is 0. The van der Waals surface area contributed by atoms with Crippen LogP contribution in [0, 0.1) is 15.3 Å². The van der Waals surface area contributed by atoms with E-state index in [1.807, 2.05) is 0 Å². The Morgan fingerprint density at radius 3 is 1.20 bits per heavy atom. The maximum atomic E-state index is 8.33. The van der Waals surface area contributed by atoms with Crippen LogP contribution in [0.15, 0.2) is 0 Å². The van der Waals surface area contributed by atoms with Gasteiger partial charge in [-0.25, -0.2) is 0 Å². The molecule has 9 heteroatoms. The molecule has 0 atom stereocenters. The third kappa shape index (κ3) is 64400000.